The second-order valence-corrected chi connectivity index (χ2v) is 4.02. The summed E-state index contributed by atoms with van der Waals surface area (Å²) in [5.74, 6) is 0.00463. The van der Waals surface area contributed by atoms with Crippen molar-refractivity contribution in [3.05, 3.63) is 62.8 Å². The lowest BCUT2D eigenvalue weighted by atomic mass is 10.2. The average molecular weight is 349 g/mol. The summed E-state index contributed by atoms with van der Waals surface area (Å²) in [6.07, 6.45) is 7.98. The molecule has 5 heteroatoms. The number of hydrogen-bond donors (Lipinski definition) is 0. The van der Waals surface area contributed by atoms with E-state index in [1.807, 2.05) is 24.3 Å². The van der Waals surface area contributed by atoms with Crippen LogP contribution in [0.4, 0.5) is 0 Å². The van der Waals surface area contributed by atoms with E-state index in [4.69, 9.17) is 26.3 Å². The van der Waals surface area contributed by atoms with E-state index in [1.165, 1.54) is 6.08 Å². The van der Waals surface area contributed by atoms with Crippen LogP contribution in [0, 0.1) is 62.6 Å². The molecule has 5 nitrogen and oxygen atoms in total. The zero-order valence-corrected chi connectivity index (χ0v) is 15.8. The summed E-state index contributed by atoms with van der Waals surface area (Å²) in [6, 6.07) is 9.42. The number of unbranched alkanes of at least 4 members (excludes halogenated alkanes) is 1. The van der Waals surface area contributed by atoms with Crippen LogP contribution in [0.3, 0.4) is 0 Å². The Morgan fingerprint density at radius 3 is 1.46 bits per heavy atom. The number of nitriles is 5. The molecule has 0 amide bonds. The number of allylic oxidation sites excluding steroid dienone is 5. The Kier molecular flexibility index (Phi) is 55.6. The normalized spacial score (nSPS) is 6.96. The first-order valence-electron chi connectivity index (χ1n) is 7.37. The van der Waals surface area contributed by atoms with Gasteiger partial charge in [-0.1, -0.05) is 31.4 Å². The minimum atomic E-state index is 0.00463. The second-order valence-electron chi connectivity index (χ2n) is 4.02. The monoisotopic (exact) mass is 349 g/mol. The Labute approximate surface area is 159 Å². The summed E-state index contributed by atoms with van der Waals surface area (Å²) in [5, 5.41) is 39.0. The highest BCUT2D eigenvalue weighted by atomic mass is 14.2. The average Bonchev–Trinajstić information content (AvgIpc) is 2.67. The lowest BCUT2D eigenvalue weighted by molar-refractivity contribution is 0.960. The van der Waals surface area contributed by atoms with Gasteiger partial charge in [0.1, 0.15) is 0 Å². The fourth-order valence-electron chi connectivity index (χ4n) is 0.284. The zero-order chi connectivity index (χ0) is 21.6. The molecule has 0 spiro atoms. The summed E-state index contributed by atoms with van der Waals surface area (Å²) >= 11 is 0. The minimum Gasteiger partial charge on any atom is -0.198 e. The lowest BCUT2D eigenvalue weighted by Gasteiger charge is -1.80. The summed E-state index contributed by atoms with van der Waals surface area (Å²) in [5.41, 5.74) is 0.560. The van der Waals surface area contributed by atoms with Crippen LogP contribution in [-0.2, 0) is 0 Å². The molecule has 0 aromatic rings. The predicted molar refractivity (Wildman–Crippen MR) is 107 cm³/mol. The highest BCUT2D eigenvalue weighted by molar-refractivity contribution is 5.11. The molecule has 0 bridgehead atoms. The van der Waals surface area contributed by atoms with E-state index in [1.54, 1.807) is 38.1 Å². The van der Waals surface area contributed by atoms with Gasteiger partial charge in [-0.15, -0.1) is 19.7 Å². The quantitative estimate of drug-likeness (QED) is 0.367. The van der Waals surface area contributed by atoms with Crippen LogP contribution < -0.4 is 0 Å². The first kappa shape index (κ1) is 33.7. The van der Waals surface area contributed by atoms with Crippen LogP contribution in [0.2, 0.25) is 0 Å². The fraction of sp³-hybridized carbons (Fsp3) is 0.286. The molecule has 0 aliphatic rings. The summed E-state index contributed by atoms with van der Waals surface area (Å²) in [6.45, 7) is 20.1. The van der Waals surface area contributed by atoms with E-state index in [2.05, 4.69) is 32.9 Å². The molecule has 0 heterocycles. The topological polar surface area (TPSA) is 119 Å². The molecular formula is C21H27N5. The van der Waals surface area contributed by atoms with E-state index in [9.17, 15) is 0 Å². The van der Waals surface area contributed by atoms with Crippen molar-refractivity contribution in [1.82, 2.24) is 0 Å². The maximum atomic E-state index is 8.01. The van der Waals surface area contributed by atoms with E-state index in [0.717, 1.165) is 6.42 Å². The van der Waals surface area contributed by atoms with Crippen molar-refractivity contribution in [2.45, 2.75) is 33.1 Å². The maximum Gasteiger partial charge on any atom is 0.0937 e. The van der Waals surface area contributed by atoms with Crippen LogP contribution in [0.1, 0.15) is 33.1 Å². The molecule has 0 N–H and O–H groups in total. The fourth-order valence-corrected chi connectivity index (χ4v) is 0.284. The van der Waals surface area contributed by atoms with Crippen molar-refractivity contribution in [2.75, 3.05) is 0 Å². The van der Waals surface area contributed by atoms with Gasteiger partial charge in [0.25, 0.3) is 0 Å². The first-order chi connectivity index (χ1) is 12.3. The van der Waals surface area contributed by atoms with Crippen LogP contribution in [-0.4, -0.2) is 0 Å². The SMILES string of the molecule is C=C(C)C#N.C=CC#N.C=CC(C)C#N.C=CCC#N.C=CCCC#N. The van der Waals surface area contributed by atoms with Gasteiger partial charge in [0.05, 0.1) is 42.7 Å². The smallest absolute Gasteiger partial charge is 0.0937 e. The van der Waals surface area contributed by atoms with Crippen LogP contribution >= 0.6 is 0 Å². The van der Waals surface area contributed by atoms with Crippen molar-refractivity contribution in [3.63, 3.8) is 0 Å². The summed E-state index contributed by atoms with van der Waals surface area (Å²) in [7, 11) is 0. The maximum absolute atomic E-state index is 8.01. The van der Waals surface area contributed by atoms with E-state index in [-0.39, 0.29) is 5.92 Å². The van der Waals surface area contributed by atoms with Gasteiger partial charge in [-0.05, 0) is 20.3 Å². The molecule has 0 fully saturated rings. The molecule has 0 saturated carbocycles. The van der Waals surface area contributed by atoms with Crippen molar-refractivity contribution in [1.29, 1.82) is 26.3 Å². The molecule has 0 aliphatic heterocycles. The van der Waals surface area contributed by atoms with Crippen LogP contribution in [0.15, 0.2) is 62.8 Å². The predicted octanol–water partition coefficient (Wildman–Crippen LogP) is 5.68. The van der Waals surface area contributed by atoms with Crippen molar-refractivity contribution >= 4 is 0 Å². The van der Waals surface area contributed by atoms with Gasteiger partial charge in [-0.2, -0.15) is 26.3 Å². The molecule has 26 heavy (non-hydrogen) atoms. The van der Waals surface area contributed by atoms with Crippen molar-refractivity contribution in [3.8, 4) is 30.3 Å². The molecular weight excluding hydrogens is 322 g/mol. The van der Waals surface area contributed by atoms with Gasteiger partial charge in [-0.25, -0.2) is 0 Å². The standard InChI is InChI=1S/2C5H7N.2C4H5N.C3H3N/c1-3-5(2)4-6;1-2-3-4-5-6;1-4(2)3-5;1-2-3-4-5;1-2-3-4/h3,5H,1H2,2H3;2H,1,3-4H2;1H2,2H3;2H,1,3H2;2H,1H2. The van der Waals surface area contributed by atoms with Gasteiger partial charge < -0.3 is 0 Å². The zero-order valence-electron chi connectivity index (χ0n) is 15.8. The Hall–Kier alpha value is -3.85. The van der Waals surface area contributed by atoms with E-state index < -0.39 is 0 Å². The third-order valence-electron chi connectivity index (χ3n) is 1.54. The molecule has 1 atom stereocenters. The molecule has 0 radical (unpaired) electrons. The van der Waals surface area contributed by atoms with Gasteiger partial charge in [0.15, 0.2) is 0 Å². The van der Waals surface area contributed by atoms with Gasteiger partial charge in [0.2, 0.25) is 0 Å². The molecule has 0 saturated heterocycles. The molecule has 1 unspecified atom stereocenters. The second kappa shape index (κ2) is 42.9. The lowest BCUT2D eigenvalue weighted by Crippen LogP contribution is -1.76. The Bertz CT molecular complexity index is 580. The van der Waals surface area contributed by atoms with E-state index >= 15 is 0 Å². The largest absolute Gasteiger partial charge is 0.198 e. The third kappa shape index (κ3) is 111. The molecule has 0 aromatic heterocycles. The Morgan fingerprint density at radius 2 is 1.42 bits per heavy atom. The molecule has 0 aliphatic carbocycles. The van der Waals surface area contributed by atoms with E-state index in [0.29, 0.717) is 18.4 Å². The summed E-state index contributed by atoms with van der Waals surface area (Å²) in [4.78, 5) is 0. The Balaban J connectivity index is -0.0000000712. The highest BCUT2D eigenvalue weighted by Gasteiger charge is 1.83. The number of hydrogen-bond acceptors (Lipinski definition) is 5. The number of nitrogens with zero attached hydrogens (tertiary/aromatic N) is 5. The van der Waals surface area contributed by atoms with Crippen molar-refractivity contribution < 1.29 is 0 Å². The third-order valence-corrected chi connectivity index (χ3v) is 1.54. The Morgan fingerprint density at radius 1 is 0.962 bits per heavy atom. The minimum absolute atomic E-state index is 0.00463. The highest BCUT2D eigenvalue weighted by Crippen LogP contribution is 1.87. The molecule has 136 valence electrons. The van der Waals surface area contributed by atoms with Gasteiger partial charge >= 0.3 is 0 Å². The molecule has 0 aromatic carbocycles. The van der Waals surface area contributed by atoms with Crippen molar-refractivity contribution in [2.24, 2.45) is 5.92 Å². The molecule has 0 rings (SSSR count). The van der Waals surface area contributed by atoms with Crippen LogP contribution in [0.5, 0.6) is 0 Å². The van der Waals surface area contributed by atoms with Gasteiger partial charge in [0, 0.05) is 18.1 Å². The number of rotatable bonds is 4. The van der Waals surface area contributed by atoms with Crippen LogP contribution in [0.25, 0.3) is 0 Å². The van der Waals surface area contributed by atoms with Gasteiger partial charge in [-0.3, -0.25) is 0 Å². The summed E-state index contributed by atoms with van der Waals surface area (Å²) < 4.78 is 0. The first-order valence-corrected chi connectivity index (χ1v) is 7.37.